The predicted molar refractivity (Wildman–Crippen MR) is 75.7 cm³/mol. The number of hydrogen-bond donors (Lipinski definition) is 3. The van der Waals surface area contributed by atoms with E-state index < -0.39 is 12.2 Å². The molecule has 0 aliphatic rings. The molecule has 0 aromatic heterocycles. The fourth-order valence-corrected chi connectivity index (χ4v) is 2.10. The Kier molecular flexibility index (Phi) is 6.13. The smallest absolute Gasteiger partial charge is 0.216 e. The second-order valence-corrected chi connectivity index (χ2v) is 4.99. The topological polar surface area (TPSA) is 86.6 Å². The van der Waals surface area contributed by atoms with E-state index in [-0.39, 0.29) is 29.7 Å². The summed E-state index contributed by atoms with van der Waals surface area (Å²) in [7, 11) is 0. The highest BCUT2D eigenvalue weighted by Gasteiger charge is 2.19. The molecule has 6 heteroatoms. The van der Waals surface area contributed by atoms with Gasteiger partial charge in [0.05, 0.1) is 11.1 Å². The van der Waals surface area contributed by atoms with E-state index >= 15 is 0 Å². The summed E-state index contributed by atoms with van der Waals surface area (Å²) in [5.74, 6) is -0.359. The van der Waals surface area contributed by atoms with Crippen LogP contribution in [0.1, 0.15) is 42.3 Å². The summed E-state index contributed by atoms with van der Waals surface area (Å²) in [5, 5.41) is 22.6. The van der Waals surface area contributed by atoms with Gasteiger partial charge in [-0.3, -0.25) is 9.59 Å². The molecule has 1 amide bonds. The van der Waals surface area contributed by atoms with Crippen LogP contribution in [0.2, 0.25) is 5.02 Å². The van der Waals surface area contributed by atoms with E-state index in [1.165, 1.54) is 26.0 Å². The van der Waals surface area contributed by atoms with Crippen molar-refractivity contribution in [2.24, 2.45) is 0 Å². The fourth-order valence-electron chi connectivity index (χ4n) is 1.78. The van der Waals surface area contributed by atoms with Gasteiger partial charge in [0.15, 0.2) is 5.78 Å². The summed E-state index contributed by atoms with van der Waals surface area (Å²) >= 11 is 5.95. The standard InChI is InChI=1S/C14H18ClNO4/c1-8(17)11-4-3-10(7-12(11)15)14(20)13(19)5-6-16-9(2)18/h3-4,7,13-14,19-20H,5-6H2,1-2H3,(H,16,18). The van der Waals surface area contributed by atoms with E-state index in [9.17, 15) is 19.8 Å². The molecule has 1 aromatic carbocycles. The van der Waals surface area contributed by atoms with E-state index in [1.807, 2.05) is 0 Å². The average Bonchev–Trinajstić information content (AvgIpc) is 2.36. The van der Waals surface area contributed by atoms with Crippen LogP contribution in [-0.2, 0) is 4.79 Å². The zero-order chi connectivity index (χ0) is 15.3. The molecule has 0 saturated carbocycles. The van der Waals surface area contributed by atoms with Crippen molar-refractivity contribution in [3.8, 4) is 0 Å². The summed E-state index contributed by atoms with van der Waals surface area (Å²) in [6, 6.07) is 4.53. The van der Waals surface area contributed by atoms with E-state index in [4.69, 9.17) is 11.6 Å². The summed E-state index contributed by atoms with van der Waals surface area (Å²) < 4.78 is 0. The molecule has 0 spiro atoms. The lowest BCUT2D eigenvalue weighted by Gasteiger charge is -2.19. The van der Waals surface area contributed by atoms with Gasteiger partial charge < -0.3 is 15.5 Å². The van der Waals surface area contributed by atoms with E-state index in [2.05, 4.69) is 5.32 Å². The van der Waals surface area contributed by atoms with Crippen LogP contribution in [-0.4, -0.2) is 34.6 Å². The number of carbonyl (C=O) groups is 2. The first-order chi connectivity index (χ1) is 9.32. The molecule has 0 saturated heterocycles. The minimum Gasteiger partial charge on any atom is -0.390 e. The van der Waals surface area contributed by atoms with Crippen molar-refractivity contribution in [3.63, 3.8) is 0 Å². The van der Waals surface area contributed by atoms with Crippen LogP contribution in [0.15, 0.2) is 18.2 Å². The van der Waals surface area contributed by atoms with Gasteiger partial charge in [0, 0.05) is 19.0 Å². The van der Waals surface area contributed by atoms with Gasteiger partial charge in [-0.05, 0) is 31.0 Å². The summed E-state index contributed by atoms with van der Waals surface area (Å²) in [6.07, 6.45) is -1.93. The number of rotatable bonds is 6. The van der Waals surface area contributed by atoms with Gasteiger partial charge in [-0.25, -0.2) is 0 Å². The fraction of sp³-hybridized carbons (Fsp3) is 0.429. The Hall–Kier alpha value is -1.43. The number of amides is 1. The Labute approximate surface area is 122 Å². The maximum Gasteiger partial charge on any atom is 0.216 e. The molecule has 3 N–H and O–H groups in total. The third-order valence-electron chi connectivity index (χ3n) is 2.89. The monoisotopic (exact) mass is 299 g/mol. The number of hydrogen-bond acceptors (Lipinski definition) is 4. The van der Waals surface area contributed by atoms with Crippen LogP contribution in [0.3, 0.4) is 0 Å². The molecule has 0 fully saturated rings. The SMILES string of the molecule is CC(=O)NCCC(O)C(O)c1ccc(C(C)=O)c(Cl)c1. The minimum atomic E-state index is -1.12. The Morgan fingerprint density at radius 3 is 2.45 bits per heavy atom. The van der Waals surface area contributed by atoms with Gasteiger partial charge in [-0.2, -0.15) is 0 Å². The molecule has 2 atom stereocenters. The van der Waals surface area contributed by atoms with Crippen LogP contribution in [0.25, 0.3) is 0 Å². The van der Waals surface area contributed by atoms with Crippen LogP contribution in [0.4, 0.5) is 0 Å². The predicted octanol–water partition coefficient (Wildman–Crippen LogP) is 1.46. The maximum absolute atomic E-state index is 11.2. The number of benzene rings is 1. The first-order valence-corrected chi connectivity index (χ1v) is 6.61. The highest BCUT2D eigenvalue weighted by molar-refractivity contribution is 6.33. The number of ketones is 1. The van der Waals surface area contributed by atoms with Gasteiger partial charge in [-0.1, -0.05) is 17.7 Å². The van der Waals surface area contributed by atoms with E-state index in [0.29, 0.717) is 11.1 Å². The Balaban J connectivity index is 2.71. The first-order valence-electron chi connectivity index (χ1n) is 6.24. The normalized spacial score (nSPS) is 13.7. The van der Waals surface area contributed by atoms with Crippen molar-refractivity contribution < 1.29 is 19.8 Å². The van der Waals surface area contributed by atoms with Crippen molar-refractivity contribution in [2.75, 3.05) is 6.54 Å². The quantitative estimate of drug-likeness (QED) is 0.694. The zero-order valence-electron chi connectivity index (χ0n) is 11.4. The van der Waals surface area contributed by atoms with Crippen molar-refractivity contribution in [2.45, 2.75) is 32.5 Å². The van der Waals surface area contributed by atoms with Crippen LogP contribution in [0, 0.1) is 0 Å². The largest absolute Gasteiger partial charge is 0.390 e. The number of halogens is 1. The lowest BCUT2D eigenvalue weighted by Crippen LogP contribution is -2.27. The minimum absolute atomic E-state index is 0.165. The Morgan fingerprint density at radius 1 is 1.30 bits per heavy atom. The van der Waals surface area contributed by atoms with Crippen molar-refractivity contribution in [1.82, 2.24) is 5.32 Å². The molecule has 20 heavy (non-hydrogen) atoms. The molecule has 0 bridgehead atoms. The number of carbonyl (C=O) groups excluding carboxylic acids is 2. The number of aliphatic hydroxyl groups is 2. The van der Waals surface area contributed by atoms with Gasteiger partial charge in [0.2, 0.25) is 5.91 Å². The van der Waals surface area contributed by atoms with Crippen LogP contribution >= 0.6 is 11.6 Å². The van der Waals surface area contributed by atoms with Crippen molar-refractivity contribution in [1.29, 1.82) is 0 Å². The summed E-state index contributed by atoms with van der Waals surface area (Å²) in [4.78, 5) is 22.0. The third-order valence-corrected chi connectivity index (χ3v) is 3.21. The van der Waals surface area contributed by atoms with Crippen LogP contribution in [0.5, 0.6) is 0 Å². The second-order valence-electron chi connectivity index (χ2n) is 4.58. The average molecular weight is 300 g/mol. The molecule has 110 valence electrons. The highest BCUT2D eigenvalue weighted by atomic mass is 35.5. The Morgan fingerprint density at radius 2 is 1.95 bits per heavy atom. The molecule has 0 heterocycles. The Bertz CT molecular complexity index is 504. The van der Waals surface area contributed by atoms with E-state index in [1.54, 1.807) is 6.07 Å². The van der Waals surface area contributed by atoms with Crippen molar-refractivity contribution in [3.05, 3.63) is 34.3 Å². The number of Topliss-reactive ketones (excluding diaryl/α,β-unsaturated/α-hetero) is 1. The number of aliphatic hydroxyl groups excluding tert-OH is 2. The van der Waals surface area contributed by atoms with Gasteiger partial charge >= 0.3 is 0 Å². The molecule has 2 unspecified atom stereocenters. The van der Waals surface area contributed by atoms with Gasteiger partial charge in [0.1, 0.15) is 6.10 Å². The van der Waals surface area contributed by atoms with Gasteiger partial charge in [0.25, 0.3) is 0 Å². The lowest BCUT2D eigenvalue weighted by molar-refractivity contribution is -0.119. The molecule has 1 rings (SSSR count). The maximum atomic E-state index is 11.2. The third kappa shape index (κ3) is 4.59. The zero-order valence-corrected chi connectivity index (χ0v) is 12.1. The van der Waals surface area contributed by atoms with Gasteiger partial charge in [-0.15, -0.1) is 0 Å². The molecule has 0 aliphatic carbocycles. The number of nitrogens with one attached hydrogen (secondary N) is 1. The molecular formula is C14H18ClNO4. The van der Waals surface area contributed by atoms with E-state index in [0.717, 1.165) is 0 Å². The van der Waals surface area contributed by atoms with Crippen LogP contribution < -0.4 is 5.32 Å². The second kappa shape index (κ2) is 7.38. The summed E-state index contributed by atoms with van der Waals surface area (Å²) in [5.41, 5.74) is 0.797. The first kappa shape index (κ1) is 16.6. The highest BCUT2D eigenvalue weighted by Crippen LogP contribution is 2.25. The van der Waals surface area contributed by atoms with Crippen molar-refractivity contribution >= 4 is 23.3 Å². The molecular weight excluding hydrogens is 282 g/mol. The molecule has 0 radical (unpaired) electrons. The lowest BCUT2D eigenvalue weighted by atomic mass is 10.00. The molecule has 1 aromatic rings. The summed E-state index contributed by atoms with van der Waals surface area (Å²) in [6.45, 7) is 3.05. The molecule has 0 aliphatic heterocycles. The molecule has 5 nitrogen and oxygen atoms in total.